The lowest BCUT2D eigenvalue weighted by Gasteiger charge is -2.02. The Kier molecular flexibility index (Phi) is 4.28. The Balaban J connectivity index is 1.68. The predicted octanol–water partition coefficient (Wildman–Crippen LogP) is 2.33. The third-order valence-electron chi connectivity index (χ3n) is 3.65. The van der Waals surface area contributed by atoms with Gasteiger partial charge in [0.15, 0.2) is 5.82 Å². The van der Waals surface area contributed by atoms with Gasteiger partial charge in [-0.1, -0.05) is 36.1 Å². The number of thiazole rings is 1. The fourth-order valence-electron chi connectivity index (χ4n) is 2.42. The smallest absolute Gasteiger partial charge is 0.291 e. The predicted molar refractivity (Wildman–Crippen MR) is 101 cm³/mol. The van der Waals surface area contributed by atoms with Gasteiger partial charge in [-0.2, -0.15) is 9.50 Å². The first-order chi connectivity index (χ1) is 12.7. The first kappa shape index (κ1) is 16.2. The minimum Gasteiger partial charge on any atom is -0.490 e. The largest absolute Gasteiger partial charge is 0.490 e. The van der Waals surface area contributed by atoms with Crippen LogP contribution in [0.5, 0.6) is 5.75 Å². The fraction of sp³-hybridized carbons (Fsp3) is 0.0526. The molecule has 0 fully saturated rings. The van der Waals surface area contributed by atoms with Crippen LogP contribution in [-0.4, -0.2) is 26.2 Å². The van der Waals surface area contributed by atoms with Gasteiger partial charge in [0.1, 0.15) is 12.4 Å². The summed E-state index contributed by atoms with van der Waals surface area (Å²) in [5.41, 5.74) is 1.51. The summed E-state index contributed by atoms with van der Waals surface area (Å²) in [5.74, 6) is 1.25. The first-order valence-corrected chi connectivity index (χ1v) is 8.72. The molecule has 0 spiro atoms. The minimum atomic E-state index is -0.181. The molecular weight excluding hydrogens is 348 g/mol. The van der Waals surface area contributed by atoms with Crippen LogP contribution in [0.3, 0.4) is 0 Å². The maximum absolute atomic E-state index is 12.6. The van der Waals surface area contributed by atoms with E-state index < -0.39 is 0 Å². The van der Waals surface area contributed by atoms with E-state index in [9.17, 15) is 4.79 Å². The van der Waals surface area contributed by atoms with Crippen LogP contribution < -0.4 is 14.8 Å². The summed E-state index contributed by atoms with van der Waals surface area (Å²) in [7, 11) is 0. The molecule has 7 heteroatoms. The summed E-state index contributed by atoms with van der Waals surface area (Å²) in [5, 5.41) is 4.31. The number of fused-ring (bicyclic) bond motifs is 1. The van der Waals surface area contributed by atoms with Crippen molar-refractivity contribution in [3.63, 3.8) is 0 Å². The zero-order valence-corrected chi connectivity index (χ0v) is 14.5. The molecule has 0 aliphatic heterocycles. The summed E-state index contributed by atoms with van der Waals surface area (Å²) >= 11 is 1.31. The minimum absolute atomic E-state index is 0.181. The SMILES string of the molecule is C=CCOc1ccc(C=c2sc3nc(-c4cccnc4)nn3c2=O)cc1. The number of hydrogen-bond donors (Lipinski definition) is 0. The quantitative estimate of drug-likeness (QED) is 0.510. The van der Waals surface area contributed by atoms with E-state index >= 15 is 0 Å². The molecule has 3 aromatic heterocycles. The molecule has 26 heavy (non-hydrogen) atoms. The van der Waals surface area contributed by atoms with E-state index in [0.29, 0.717) is 21.9 Å². The average molecular weight is 362 g/mol. The third kappa shape index (κ3) is 3.12. The molecule has 4 aromatic rings. The van der Waals surface area contributed by atoms with Gasteiger partial charge in [0.2, 0.25) is 4.96 Å². The number of hydrogen-bond acceptors (Lipinski definition) is 6. The highest BCUT2D eigenvalue weighted by molar-refractivity contribution is 7.15. The van der Waals surface area contributed by atoms with Crippen molar-refractivity contribution in [1.29, 1.82) is 0 Å². The second kappa shape index (κ2) is 6.89. The van der Waals surface area contributed by atoms with Crippen molar-refractivity contribution in [2.24, 2.45) is 0 Å². The molecule has 128 valence electrons. The number of rotatable bonds is 5. The molecule has 0 aliphatic rings. The molecule has 0 radical (unpaired) electrons. The number of pyridine rings is 1. The Morgan fingerprint density at radius 2 is 2.08 bits per heavy atom. The zero-order chi connectivity index (χ0) is 17.9. The van der Waals surface area contributed by atoms with Gasteiger partial charge in [0, 0.05) is 18.0 Å². The summed E-state index contributed by atoms with van der Waals surface area (Å²) in [6, 6.07) is 11.2. The van der Waals surface area contributed by atoms with Crippen LogP contribution in [-0.2, 0) is 0 Å². The maximum atomic E-state index is 12.6. The van der Waals surface area contributed by atoms with Crippen LogP contribution in [0.4, 0.5) is 0 Å². The van der Waals surface area contributed by atoms with Gasteiger partial charge in [-0.05, 0) is 35.9 Å². The van der Waals surface area contributed by atoms with Gasteiger partial charge in [0.25, 0.3) is 5.56 Å². The summed E-state index contributed by atoms with van der Waals surface area (Å²) in [6.45, 7) is 4.08. The Morgan fingerprint density at radius 3 is 2.77 bits per heavy atom. The highest BCUT2D eigenvalue weighted by Crippen LogP contribution is 2.15. The molecule has 0 N–H and O–H groups in total. The fourth-order valence-corrected chi connectivity index (χ4v) is 3.33. The standard InChI is InChI=1S/C19H14N4O2S/c1-2-10-25-15-7-5-13(6-8-15)11-16-18(24)23-19(26-16)21-17(22-23)14-4-3-9-20-12-14/h2-9,11-12H,1,10H2. The molecule has 0 unspecified atom stereocenters. The number of aromatic nitrogens is 4. The van der Waals surface area contributed by atoms with Gasteiger partial charge >= 0.3 is 0 Å². The van der Waals surface area contributed by atoms with Crippen LogP contribution in [0.25, 0.3) is 22.4 Å². The Labute approximate surface area is 152 Å². The molecule has 0 amide bonds. The summed E-state index contributed by atoms with van der Waals surface area (Å²) in [4.78, 5) is 21.6. The molecule has 0 atom stereocenters. The number of benzene rings is 1. The number of nitrogens with zero attached hydrogens (tertiary/aromatic N) is 4. The van der Waals surface area contributed by atoms with Gasteiger partial charge in [-0.25, -0.2) is 0 Å². The lowest BCUT2D eigenvalue weighted by molar-refractivity contribution is 0.363. The summed E-state index contributed by atoms with van der Waals surface area (Å²) in [6.07, 6.45) is 6.87. The van der Waals surface area contributed by atoms with Crippen LogP contribution in [0, 0.1) is 0 Å². The summed E-state index contributed by atoms with van der Waals surface area (Å²) < 4.78 is 7.37. The van der Waals surface area contributed by atoms with Crippen LogP contribution >= 0.6 is 11.3 Å². The third-order valence-corrected chi connectivity index (χ3v) is 4.61. The van der Waals surface area contributed by atoms with Crippen molar-refractivity contribution >= 4 is 22.4 Å². The Morgan fingerprint density at radius 1 is 1.23 bits per heavy atom. The van der Waals surface area contributed by atoms with E-state index in [1.807, 2.05) is 42.5 Å². The molecular formula is C19H14N4O2S. The van der Waals surface area contributed by atoms with E-state index in [2.05, 4.69) is 21.6 Å². The van der Waals surface area contributed by atoms with Crippen molar-refractivity contribution in [2.45, 2.75) is 0 Å². The van der Waals surface area contributed by atoms with Crippen LogP contribution in [0.1, 0.15) is 5.56 Å². The van der Waals surface area contributed by atoms with Crippen molar-refractivity contribution in [2.75, 3.05) is 6.61 Å². The highest BCUT2D eigenvalue weighted by atomic mass is 32.1. The van der Waals surface area contributed by atoms with E-state index in [4.69, 9.17) is 4.74 Å². The van der Waals surface area contributed by atoms with Crippen molar-refractivity contribution in [3.8, 4) is 17.1 Å². The molecule has 3 heterocycles. The van der Waals surface area contributed by atoms with E-state index in [1.165, 1.54) is 15.9 Å². The van der Waals surface area contributed by atoms with Crippen molar-refractivity contribution < 1.29 is 4.74 Å². The molecule has 0 saturated heterocycles. The van der Waals surface area contributed by atoms with Crippen LogP contribution in [0.2, 0.25) is 0 Å². The topological polar surface area (TPSA) is 69.4 Å². The van der Waals surface area contributed by atoms with E-state index in [1.54, 1.807) is 18.5 Å². The zero-order valence-electron chi connectivity index (χ0n) is 13.7. The van der Waals surface area contributed by atoms with Gasteiger partial charge in [0.05, 0.1) is 4.53 Å². The molecule has 4 rings (SSSR count). The average Bonchev–Trinajstić information content (AvgIpc) is 3.22. The lowest BCUT2D eigenvalue weighted by Crippen LogP contribution is -2.23. The molecule has 6 nitrogen and oxygen atoms in total. The van der Waals surface area contributed by atoms with Crippen LogP contribution in [0.15, 0.2) is 66.2 Å². The second-order valence-corrected chi connectivity index (χ2v) is 6.47. The van der Waals surface area contributed by atoms with Gasteiger partial charge in [-0.3, -0.25) is 9.78 Å². The van der Waals surface area contributed by atoms with Gasteiger partial charge in [-0.15, -0.1) is 5.10 Å². The Hall–Kier alpha value is -3.32. The highest BCUT2D eigenvalue weighted by Gasteiger charge is 2.11. The molecule has 0 bridgehead atoms. The molecule has 0 saturated carbocycles. The molecule has 0 aliphatic carbocycles. The number of ether oxygens (including phenoxy) is 1. The monoisotopic (exact) mass is 362 g/mol. The lowest BCUT2D eigenvalue weighted by atomic mass is 10.2. The van der Waals surface area contributed by atoms with Gasteiger partial charge < -0.3 is 4.74 Å². The van der Waals surface area contributed by atoms with E-state index in [0.717, 1.165) is 16.9 Å². The normalized spacial score (nSPS) is 11.8. The maximum Gasteiger partial charge on any atom is 0.291 e. The molecule has 1 aromatic carbocycles. The van der Waals surface area contributed by atoms with Crippen molar-refractivity contribution in [1.82, 2.24) is 19.6 Å². The first-order valence-electron chi connectivity index (χ1n) is 7.90. The Bertz CT molecular complexity index is 1160. The van der Waals surface area contributed by atoms with Crippen molar-refractivity contribution in [3.05, 3.63) is 81.9 Å². The second-order valence-electron chi connectivity index (χ2n) is 5.46. The van der Waals surface area contributed by atoms with E-state index in [-0.39, 0.29) is 5.56 Å².